The number of Topliss-reactive ketones (excluding diaryl/α,β-unsaturated/α-hetero) is 1. The Hall–Kier alpha value is -2.97. The Bertz CT molecular complexity index is 1090. The molecule has 2 heterocycles. The van der Waals surface area contributed by atoms with Crippen molar-refractivity contribution in [3.8, 4) is 11.3 Å². The monoisotopic (exact) mass is 436 g/mol. The van der Waals surface area contributed by atoms with Gasteiger partial charge in [-0.2, -0.15) is 5.10 Å². The number of thiazole rings is 1. The van der Waals surface area contributed by atoms with Crippen molar-refractivity contribution in [2.24, 2.45) is 5.10 Å². The van der Waals surface area contributed by atoms with E-state index < -0.39 is 6.04 Å². The van der Waals surface area contributed by atoms with Crippen molar-refractivity contribution in [1.82, 2.24) is 4.98 Å². The number of carbonyl (C=O) groups excluding carboxylic acids is 2. The number of benzene rings is 2. The smallest absolute Gasteiger partial charge is 0.273 e. The standard InChI is InChI=1S/C22H20N4O2S2/c1-14(27)20-12-18(25-26(20)16-6-4-3-5-7-16)21(28)24-22-23-19(13-30-22)15-8-10-17(29-2)11-9-15/h3-11,13,20H,12H2,1-2H3,(H,23,24,28). The molecule has 0 saturated heterocycles. The fourth-order valence-corrected chi connectivity index (χ4v) is 4.30. The summed E-state index contributed by atoms with van der Waals surface area (Å²) in [6.07, 6.45) is 2.30. The molecule has 4 rings (SSSR count). The zero-order valence-corrected chi connectivity index (χ0v) is 18.2. The lowest BCUT2D eigenvalue weighted by Crippen LogP contribution is -2.33. The van der Waals surface area contributed by atoms with E-state index in [-0.39, 0.29) is 18.1 Å². The molecular formula is C22H20N4O2S2. The molecule has 0 aliphatic carbocycles. The summed E-state index contributed by atoms with van der Waals surface area (Å²) in [5, 5.41) is 11.3. The van der Waals surface area contributed by atoms with Crippen molar-refractivity contribution in [1.29, 1.82) is 0 Å². The van der Waals surface area contributed by atoms with Crippen LogP contribution in [0.2, 0.25) is 0 Å². The summed E-state index contributed by atoms with van der Waals surface area (Å²) in [5.74, 6) is -0.367. The quantitative estimate of drug-likeness (QED) is 0.567. The fourth-order valence-electron chi connectivity index (χ4n) is 3.18. The average molecular weight is 437 g/mol. The van der Waals surface area contributed by atoms with Crippen molar-refractivity contribution in [2.75, 3.05) is 16.6 Å². The maximum Gasteiger partial charge on any atom is 0.273 e. The number of rotatable bonds is 6. The predicted molar refractivity (Wildman–Crippen MR) is 123 cm³/mol. The normalized spacial score (nSPS) is 15.7. The van der Waals surface area contributed by atoms with Crippen LogP contribution in [0.3, 0.4) is 0 Å². The lowest BCUT2D eigenvalue weighted by molar-refractivity contribution is -0.118. The van der Waals surface area contributed by atoms with E-state index in [1.807, 2.05) is 66.2 Å². The zero-order chi connectivity index (χ0) is 21.1. The van der Waals surface area contributed by atoms with Crippen molar-refractivity contribution in [3.63, 3.8) is 0 Å². The molecule has 8 heteroatoms. The lowest BCUT2D eigenvalue weighted by Gasteiger charge is -2.20. The van der Waals surface area contributed by atoms with Crippen molar-refractivity contribution in [3.05, 3.63) is 60.0 Å². The summed E-state index contributed by atoms with van der Waals surface area (Å²) >= 11 is 3.05. The molecule has 0 bridgehead atoms. The van der Waals surface area contributed by atoms with Crippen LogP contribution in [0.1, 0.15) is 13.3 Å². The first-order chi connectivity index (χ1) is 14.5. The van der Waals surface area contributed by atoms with E-state index in [0.29, 0.717) is 10.8 Å². The first-order valence-electron chi connectivity index (χ1n) is 9.38. The third-order valence-corrected chi connectivity index (χ3v) is 6.27. The predicted octanol–water partition coefficient (Wildman–Crippen LogP) is 4.69. The van der Waals surface area contributed by atoms with Gasteiger partial charge in [-0.3, -0.25) is 19.9 Å². The first-order valence-corrected chi connectivity index (χ1v) is 11.5. The highest BCUT2D eigenvalue weighted by atomic mass is 32.2. The van der Waals surface area contributed by atoms with Gasteiger partial charge < -0.3 is 0 Å². The number of nitrogens with zero attached hydrogens (tertiary/aromatic N) is 3. The average Bonchev–Trinajstić information content (AvgIpc) is 3.42. The maximum absolute atomic E-state index is 12.8. The van der Waals surface area contributed by atoms with Gasteiger partial charge in [0.2, 0.25) is 0 Å². The van der Waals surface area contributed by atoms with E-state index in [9.17, 15) is 9.59 Å². The Balaban J connectivity index is 1.50. The molecule has 0 saturated carbocycles. The van der Waals surface area contributed by atoms with Crippen LogP contribution in [-0.4, -0.2) is 34.7 Å². The summed E-state index contributed by atoms with van der Waals surface area (Å²) in [6, 6.07) is 17.0. The van der Waals surface area contributed by atoms with Gasteiger partial charge in [-0.05, 0) is 37.4 Å². The second-order valence-electron chi connectivity index (χ2n) is 6.78. The molecule has 152 valence electrons. The van der Waals surface area contributed by atoms with Gasteiger partial charge in [0.05, 0.1) is 11.4 Å². The Labute approximate surface area is 183 Å². The molecule has 1 unspecified atom stereocenters. The molecule has 30 heavy (non-hydrogen) atoms. The van der Waals surface area contributed by atoms with Gasteiger partial charge in [0.25, 0.3) is 5.91 Å². The summed E-state index contributed by atoms with van der Waals surface area (Å²) in [7, 11) is 0. The van der Waals surface area contributed by atoms with Gasteiger partial charge in [0, 0.05) is 22.3 Å². The third kappa shape index (κ3) is 4.29. The molecule has 0 fully saturated rings. The van der Waals surface area contributed by atoms with Gasteiger partial charge in [-0.25, -0.2) is 4.98 Å². The molecule has 1 aliphatic rings. The van der Waals surface area contributed by atoms with Crippen LogP contribution < -0.4 is 10.3 Å². The number of hydrogen-bond donors (Lipinski definition) is 1. The lowest BCUT2D eigenvalue weighted by atomic mass is 10.1. The van der Waals surface area contributed by atoms with Crippen LogP contribution in [0, 0.1) is 0 Å². The number of para-hydroxylation sites is 1. The van der Waals surface area contributed by atoms with Crippen LogP contribution in [0.5, 0.6) is 0 Å². The van der Waals surface area contributed by atoms with Gasteiger partial charge in [0.1, 0.15) is 11.8 Å². The molecular weight excluding hydrogens is 416 g/mol. The van der Waals surface area contributed by atoms with Crippen molar-refractivity contribution < 1.29 is 9.59 Å². The molecule has 1 aromatic heterocycles. The molecule has 1 N–H and O–H groups in total. The van der Waals surface area contributed by atoms with E-state index in [2.05, 4.69) is 15.4 Å². The summed E-state index contributed by atoms with van der Waals surface area (Å²) in [5.41, 5.74) is 2.91. The van der Waals surface area contributed by atoms with Gasteiger partial charge in [-0.15, -0.1) is 23.1 Å². The second kappa shape index (κ2) is 8.81. The molecule has 1 aliphatic heterocycles. The number of hydrogen-bond acceptors (Lipinski definition) is 7. The number of aromatic nitrogens is 1. The van der Waals surface area contributed by atoms with Crippen LogP contribution in [-0.2, 0) is 9.59 Å². The van der Waals surface area contributed by atoms with E-state index in [4.69, 9.17) is 0 Å². The van der Waals surface area contributed by atoms with Crippen LogP contribution >= 0.6 is 23.1 Å². The zero-order valence-electron chi connectivity index (χ0n) is 16.5. The Kier molecular flexibility index (Phi) is 5.96. The topological polar surface area (TPSA) is 74.7 Å². The molecule has 1 amide bonds. The number of carbonyl (C=O) groups is 2. The SMILES string of the molecule is CSc1ccc(-c2csc(NC(=O)C3=NN(c4ccccc4)C(C(C)=O)C3)n2)cc1. The number of nitrogens with one attached hydrogen (secondary N) is 1. The highest BCUT2D eigenvalue weighted by molar-refractivity contribution is 7.98. The Morgan fingerprint density at radius 3 is 2.53 bits per heavy atom. The molecule has 0 spiro atoms. The van der Waals surface area contributed by atoms with Crippen molar-refractivity contribution >= 4 is 51.3 Å². The van der Waals surface area contributed by atoms with Crippen LogP contribution in [0.4, 0.5) is 10.8 Å². The number of anilines is 2. The maximum atomic E-state index is 12.8. The number of thioether (sulfide) groups is 1. The van der Waals surface area contributed by atoms with Gasteiger partial charge >= 0.3 is 0 Å². The first kappa shape index (κ1) is 20.3. The number of hydrazone groups is 1. The molecule has 1 atom stereocenters. The van der Waals surface area contributed by atoms with E-state index >= 15 is 0 Å². The minimum absolute atomic E-state index is 0.0318. The van der Waals surface area contributed by atoms with Crippen LogP contribution in [0.15, 0.2) is 70.0 Å². The highest BCUT2D eigenvalue weighted by Gasteiger charge is 2.34. The summed E-state index contributed by atoms with van der Waals surface area (Å²) < 4.78 is 0. The van der Waals surface area contributed by atoms with Crippen molar-refractivity contribution in [2.45, 2.75) is 24.3 Å². The highest BCUT2D eigenvalue weighted by Crippen LogP contribution is 2.28. The minimum Gasteiger partial charge on any atom is -0.298 e. The number of amides is 1. The second-order valence-corrected chi connectivity index (χ2v) is 8.52. The molecule has 2 aromatic carbocycles. The Morgan fingerprint density at radius 1 is 1.13 bits per heavy atom. The fraction of sp³-hybridized carbons (Fsp3) is 0.182. The molecule has 0 radical (unpaired) electrons. The van der Waals surface area contributed by atoms with Gasteiger partial charge in [-0.1, -0.05) is 30.3 Å². The third-order valence-electron chi connectivity index (χ3n) is 4.77. The van der Waals surface area contributed by atoms with E-state index in [1.54, 1.807) is 16.8 Å². The Morgan fingerprint density at radius 2 is 1.87 bits per heavy atom. The van der Waals surface area contributed by atoms with Crippen LogP contribution in [0.25, 0.3) is 11.3 Å². The molecule has 6 nitrogen and oxygen atoms in total. The molecule has 3 aromatic rings. The summed E-state index contributed by atoms with van der Waals surface area (Å²) in [6.45, 7) is 1.52. The summed E-state index contributed by atoms with van der Waals surface area (Å²) in [4.78, 5) is 30.6. The number of ketones is 1. The van der Waals surface area contributed by atoms with E-state index in [0.717, 1.165) is 16.9 Å². The minimum atomic E-state index is -0.477. The van der Waals surface area contributed by atoms with E-state index in [1.165, 1.54) is 23.2 Å². The van der Waals surface area contributed by atoms with Gasteiger partial charge in [0.15, 0.2) is 10.9 Å². The largest absolute Gasteiger partial charge is 0.298 e.